The van der Waals surface area contributed by atoms with Crippen molar-refractivity contribution in [1.82, 2.24) is 4.98 Å². The average Bonchev–Trinajstić information content (AvgIpc) is 2.92. The van der Waals surface area contributed by atoms with Crippen LogP contribution in [0.15, 0.2) is 48.7 Å². The van der Waals surface area contributed by atoms with E-state index in [0.29, 0.717) is 11.6 Å². The molecule has 102 valence electrons. The lowest BCUT2D eigenvalue weighted by atomic mass is 10.1. The summed E-state index contributed by atoms with van der Waals surface area (Å²) in [5.41, 5.74) is 3.23. The first-order chi connectivity index (χ1) is 9.76. The Hall–Kier alpha value is -2.13. The average molecular weight is 287 g/mol. The van der Waals surface area contributed by atoms with Crippen molar-refractivity contribution < 1.29 is 4.74 Å². The molecule has 3 nitrogen and oxygen atoms in total. The van der Waals surface area contributed by atoms with Gasteiger partial charge in [-0.15, -0.1) is 0 Å². The highest BCUT2D eigenvalue weighted by Crippen LogP contribution is 2.28. The molecule has 0 radical (unpaired) electrons. The summed E-state index contributed by atoms with van der Waals surface area (Å²) >= 11 is 6.02. The molecule has 1 heterocycles. The topological polar surface area (TPSA) is 37.0 Å². The summed E-state index contributed by atoms with van der Waals surface area (Å²) in [6.45, 7) is 0.714. The van der Waals surface area contributed by atoms with Gasteiger partial charge in [-0.25, -0.2) is 0 Å². The molecule has 0 aliphatic rings. The van der Waals surface area contributed by atoms with Crippen LogP contribution < -0.4 is 10.1 Å². The van der Waals surface area contributed by atoms with Crippen molar-refractivity contribution in [3.8, 4) is 5.75 Å². The number of rotatable bonds is 4. The molecular formula is C16H15ClN2O. The lowest BCUT2D eigenvalue weighted by Crippen LogP contribution is -2.01. The molecule has 0 bridgehead atoms. The Morgan fingerprint density at radius 2 is 2.05 bits per heavy atom. The number of H-pyrrole nitrogens is 1. The second-order valence-corrected chi connectivity index (χ2v) is 5.03. The van der Waals surface area contributed by atoms with E-state index in [2.05, 4.69) is 34.6 Å². The molecule has 2 N–H and O–H groups in total. The predicted molar refractivity (Wildman–Crippen MR) is 83.6 cm³/mol. The fourth-order valence-corrected chi connectivity index (χ4v) is 2.39. The van der Waals surface area contributed by atoms with E-state index in [1.807, 2.05) is 24.4 Å². The molecule has 0 spiro atoms. The summed E-state index contributed by atoms with van der Waals surface area (Å²) < 4.78 is 5.32. The van der Waals surface area contributed by atoms with E-state index in [0.717, 1.165) is 17.0 Å². The molecule has 0 amide bonds. The van der Waals surface area contributed by atoms with E-state index in [1.54, 1.807) is 7.11 Å². The number of hydrogen-bond acceptors (Lipinski definition) is 2. The third kappa shape index (κ3) is 2.58. The summed E-state index contributed by atoms with van der Waals surface area (Å²) in [4.78, 5) is 3.22. The SMILES string of the molecule is COc1ccc(Cl)cc1NCc1ccc2cc[nH]c2c1. The third-order valence-electron chi connectivity index (χ3n) is 3.26. The molecule has 2 aromatic carbocycles. The van der Waals surface area contributed by atoms with Crippen molar-refractivity contribution in [3.05, 3.63) is 59.2 Å². The number of hydrogen-bond donors (Lipinski definition) is 2. The third-order valence-corrected chi connectivity index (χ3v) is 3.50. The van der Waals surface area contributed by atoms with Gasteiger partial charge in [0.05, 0.1) is 12.8 Å². The Bertz CT molecular complexity index is 736. The van der Waals surface area contributed by atoms with Crippen LogP contribution in [0, 0.1) is 0 Å². The molecule has 4 heteroatoms. The van der Waals surface area contributed by atoms with E-state index >= 15 is 0 Å². The summed E-state index contributed by atoms with van der Waals surface area (Å²) in [6.07, 6.45) is 1.95. The lowest BCUT2D eigenvalue weighted by Gasteiger charge is -2.11. The second kappa shape index (κ2) is 5.47. The molecule has 0 aliphatic heterocycles. The van der Waals surface area contributed by atoms with E-state index in [-0.39, 0.29) is 0 Å². The lowest BCUT2D eigenvalue weighted by molar-refractivity contribution is 0.416. The first-order valence-electron chi connectivity index (χ1n) is 6.40. The van der Waals surface area contributed by atoms with Gasteiger partial charge in [-0.1, -0.05) is 23.7 Å². The predicted octanol–water partition coefficient (Wildman–Crippen LogP) is 4.44. The molecule has 3 aromatic rings. The Balaban J connectivity index is 1.80. The maximum absolute atomic E-state index is 6.02. The van der Waals surface area contributed by atoms with E-state index in [1.165, 1.54) is 10.9 Å². The Labute approximate surface area is 122 Å². The minimum Gasteiger partial charge on any atom is -0.495 e. The highest BCUT2D eigenvalue weighted by atomic mass is 35.5. The van der Waals surface area contributed by atoms with Crippen LogP contribution in [0.1, 0.15) is 5.56 Å². The van der Waals surface area contributed by atoms with Gasteiger partial charge in [-0.3, -0.25) is 0 Å². The molecular weight excluding hydrogens is 272 g/mol. The maximum atomic E-state index is 6.02. The number of aromatic nitrogens is 1. The van der Waals surface area contributed by atoms with Crippen LogP contribution >= 0.6 is 11.6 Å². The normalized spacial score (nSPS) is 10.7. The number of fused-ring (bicyclic) bond motifs is 1. The molecule has 0 saturated carbocycles. The molecule has 0 saturated heterocycles. The smallest absolute Gasteiger partial charge is 0.142 e. The fraction of sp³-hybridized carbons (Fsp3) is 0.125. The number of benzene rings is 2. The number of anilines is 1. The molecule has 0 unspecified atom stereocenters. The van der Waals surface area contributed by atoms with Crippen molar-refractivity contribution in [2.75, 3.05) is 12.4 Å². The van der Waals surface area contributed by atoms with Gasteiger partial charge in [0.25, 0.3) is 0 Å². The van der Waals surface area contributed by atoms with Gasteiger partial charge in [0, 0.05) is 23.3 Å². The zero-order valence-corrected chi connectivity index (χ0v) is 11.9. The summed E-state index contributed by atoms with van der Waals surface area (Å²) in [6, 6.07) is 14.0. The largest absolute Gasteiger partial charge is 0.495 e. The highest BCUT2D eigenvalue weighted by Gasteiger charge is 2.04. The van der Waals surface area contributed by atoms with Crippen LogP contribution in [0.4, 0.5) is 5.69 Å². The van der Waals surface area contributed by atoms with Crippen molar-refractivity contribution in [2.45, 2.75) is 6.54 Å². The minimum absolute atomic E-state index is 0.688. The van der Waals surface area contributed by atoms with Crippen LogP contribution in [-0.4, -0.2) is 12.1 Å². The first kappa shape index (κ1) is 12.9. The van der Waals surface area contributed by atoms with Gasteiger partial charge in [-0.05, 0) is 41.3 Å². The fourth-order valence-electron chi connectivity index (χ4n) is 2.22. The molecule has 0 atom stereocenters. The molecule has 20 heavy (non-hydrogen) atoms. The first-order valence-corrected chi connectivity index (χ1v) is 6.77. The van der Waals surface area contributed by atoms with Gasteiger partial charge in [-0.2, -0.15) is 0 Å². The van der Waals surface area contributed by atoms with Crippen LogP contribution in [-0.2, 0) is 6.54 Å². The van der Waals surface area contributed by atoms with Gasteiger partial charge in [0.2, 0.25) is 0 Å². The van der Waals surface area contributed by atoms with Gasteiger partial charge in [0.15, 0.2) is 0 Å². The van der Waals surface area contributed by atoms with Gasteiger partial charge in [0.1, 0.15) is 5.75 Å². The molecule has 3 rings (SSSR count). The number of methoxy groups -OCH3 is 1. The highest BCUT2D eigenvalue weighted by molar-refractivity contribution is 6.30. The van der Waals surface area contributed by atoms with Crippen LogP contribution in [0.3, 0.4) is 0 Å². The van der Waals surface area contributed by atoms with Crippen LogP contribution in [0.2, 0.25) is 5.02 Å². The van der Waals surface area contributed by atoms with E-state index < -0.39 is 0 Å². The molecule has 0 fully saturated rings. The van der Waals surface area contributed by atoms with E-state index in [9.17, 15) is 0 Å². The van der Waals surface area contributed by atoms with Crippen molar-refractivity contribution in [2.24, 2.45) is 0 Å². The van der Waals surface area contributed by atoms with Gasteiger partial charge >= 0.3 is 0 Å². The summed E-state index contributed by atoms with van der Waals surface area (Å²) in [7, 11) is 1.65. The molecule has 1 aromatic heterocycles. The Morgan fingerprint density at radius 3 is 2.90 bits per heavy atom. The summed E-state index contributed by atoms with van der Waals surface area (Å²) in [5, 5.41) is 5.26. The number of aromatic amines is 1. The van der Waals surface area contributed by atoms with Crippen molar-refractivity contribution in [3.63, 3.8) is 0 Å². The minimum atomic E-state index is 0.688. The standard InChI is InChI=1S/C16H15ClN2O/c1-20-16-5-4-13(17)9-15(16)19-10-11-2-3-12-6-7-18-14(12)8-11/h2-9,18-19H,10H2,1H3. The monoisotopic (exact) mass is 286 g/mol. The number of nitrogens with one attached hydrogen (secondary N) is 2. The maximum Gasteiger partial charge on any atom is 0.142 e. The van der Waals surface area contributed by atoms with Crippen LogP contribution in [0.5, 0.6) is 5.75 Å². The van der Waals surface area contributed by atoms with Crippen molar-refractivity contribution in [1.29, 1.82) is 0 Å². The van der Waals surface area contributed by atoms with Gasteiger partial charge < -0.3 is 15.0 Å². The zero-order chi connectivity index (χ0) is 13.9. The quantitative estimate of drug-likeness (QED) is 0.744. The second-order valence-electron chi connectivity index (χ2n) is 4.60. The summed E-state index contributed by atoms with van der Waals surface area (Å²) in [5.74, 6) is 0.787. The number of halogens is 1. The van der Waals surface area contributed by atoms with Crippen LogP contribution in [0.25, 0.3) is 10.9 Å². The Kier molecular flexibility index (Phi) is 3.52. The number of ether oxygens (including phenoxy) is 1. The van der Waals surface area contributed by atoms with Crippen molar-refractivity contribution >= 4 is 28.2 Å². The zero-order valence-electron chi connectivity index (χ0n) is 11.1. The van der Waals surface area contributed by atoms with E-state index in [4.69, 9.17) is 16.3 Å². The molecule has 0 aliphatic carbocycles. The Morgan fingerprint density at radius 1 is 1.15 bits per heavy atom.